The summed E-state index contributed by atoms with van der Waals surface area (Å²) in [5.41, 5.74) is 2.88. The zero-order valence-electron chi connectivity index (χ0n) is 13.2. The molecule has 0 unspecified atom stereocenters. The number of nitrogens with zero attached hydrogens (tertiary/aromatic N) is 2. The molecule has 0 N–H and O–H groups in total. The van der Waals surface area contributed by atoms with Crippen molar-refractivity contribution in [2.24, 2.45) is 7.05 Å². The largest absolute Gasteiger partial charge is 0.461 e. The summed E-state index contributed by atoms with van der Waals surface area (Å²) in [5, 5.41) is 3.96. The maximum Gasteiger partial charge on any atom is 0.354 e. The molecule has 23 heavy (non-hydrogen) atoms. The smallest absolute Gasteiger partial charge is 0.354 e. The topological polar surface area (TPSA) is 68.6 Å². The van der Waals surface area contributed by atoms with Crippen molar-refractivity contribution in [3.05, 3.63) is 39.3 Å². The lowest BCUT2D eigenvalue weighted by Gasteiger charge is -2.15. The molecule has 0 aliphatic carbocycles. The summed E-state index contributed by atoms with van der Waals surface area (Å²) >= 11 is 1.58. The predicted molar refractivity (Wildman–Crippen MR) is 86.9 cm³/mol. The van der Waals surface area contributed by atoms with Crippen LogP contribution in [0, 0.1) is 6.92 Å². The van der Waals surface area contributed by atoms with E-state index >= 15 is 0 Å². The second-order valence-corrected chi connectivity index (χ2v) is 8.10. The van der Waals surface area contributed by atoms with Crippen LogP contribution >= 0.6 is 11.3 Å². The van der Waals surface area contributed by atoms with Gasteiger partial charge in [0.05, 0.1) is 6.61 Å². The third-order valence-electron chi connectivity index (χ3n) is 4.12. The minimum absolute atomic E-state index is 0.164. The maximum atomic E-state index is 12.9. The summed E-state index contributed by atoms with van der Waals surface area (Å²) in [6.07, 6.45) is 0. The summed E-state index contributed by atoms with van der Waals surface area (Å²) in [6, 6.07) is 1.41. The van der Waals surface area contributed by atoms with Crippen LogP contribution < -0.4 is 0 Å². The van der Waals surface area contributed by atoms with E-state index in [0.29, 0.717) is 18.8 Å². The monoisotopic (exact) mass is 354 g/mol. The molecular formula is C15H18N2O4S2. The molecule has 0 bridgehead atoms. The van der Waals surface area contributed by atoms with E-state index in [1.54, 1.807) is 36.8 Å². The highest BCUT2D eigenvalue weighted by Gasteiger charge is 2.34. The Bertz CT molecular complexity index is 844. The number of rotatable bonds is 4. The van der Waals surface area contributed by atoms with Crippen LogP contribution in [-0.4, -0.2) is 29.9 Å². The standard InChI is InChI=1S/C15H18N2O4S2/c1-4-21-15(18)13-5-14(10(2)16(13)3)23(19,20)17-6-11-8-22-9-12(11)7-17/h5,8-9H,4,6-7H2,1-3H3. The molecule has 3 rings (SSSR count). The van der Waals surface area contributed by atoms with Crippen molar-refractivity contribution >= 4 is 27.3 Å². The van der Waals surface area contributed by atoms with E-state index in [4.69, 9.17) is 4.74 Å². The van der Waals surface area contributed by atoms with Crippen molar-refractivity contribution in [1.82, 2.24) is 8.87 Å². The molecule has 0 aromatic carbocycles. The number of carbonyl (C=O) groups excluding carboxylic acids is 1. The summed E-state index contributed by atoms with van der Waals surface area (Å²) in [6.45, 7) is 4.42. The Balaban J connectivity index is 1.96. The van der Waals surface area contributed by atoms with Crippen molar-refractivity contribution in [2.45, 2.75) is 31.8 Å². The van der Waals surface area contributed by atoms with E-state index in [-0.39, 0.29) is 17.2 Å². The Morgan fingerprint density at radius 1 is 1.30 bits per heavy atom. The van der Waals surface area contributed by atoms with Crippen LogP contribution in [0.25, 0.3) is 0 Å². The molecule has 0 fully saturated rings. The van der Waals surface area contributed by atoms with E-state index < -0.39 is 16.0 Å². The average molecular weight is 354 g/mol. The molecule has 3 heterocycles. The molecule has 124 valence electrons. The third-order valence-corrected chi connectivity index (χ3v) is 6.87. The van der Waals surface area contributed by atoms with E-state index in [1.807, 2.05) is 10.8 Å². The van der Waals surface area contributed by atoms with Crippen LogP contribution in [0.15, 0.2) is 21.7 Å². The van der Waals surface area contributed by atoms with Gasteiger partial charge < -0.3 is 9.30 Å². The van der Waals surface area contributed by atoms with Gasteiger partial charge in [0.1, 0.15) is 10.6 Å². The van der Waals surface area contributed by atoms with Crippen molar-refractivity contribution in [2.75, 3.05) is 6.61 Å². The number of fused-ring (bicyclic) bond motifs is 1. The Kier molecular flexibility index (Phi) is 4.07. The van der Waals surface area contributed by atoms with E-state index in [1.165, 1.54) is 10.4 Å². The highest BCUT2D eigenvalue weighted by molar-refractivity contribution is 7.89. The lowest BCUT2D eigenvalue weighted by Crippen LogP contribution is -2.26. The minimum atomic E-state index is -3.65. The molecule has 0 saturated heterocycles. The lowest BCUT2D eigenvalue weighted by atomic mass is 10.2. The fraction of sp³-hybridized carbons (Fsp3) is 0.400. The highest BCUT2D eigenvalue weighted by Crippen LogP contribution is 2.32. The number of hydrogen-bond donors (Lipinski definition) is 0. The lowest BCUT2D eigenvalue weighted by molar-refractivity contribution is 0.0515. The van der Waals surface area contributed by atoms with Gasteiger partial charge in [-0.1, -0.05) is 0 Å². The number of esters is 1. The first kappa shape index (κ1) is 16.2. The van der Waals surface area contributed by atoms with Gasteiger partial charge in [0, 0.05) is 25.8 Å². The second kappa shape index (κ2) is 5.77. The van der Waals surface area contributed by atoms with Gasteiger partial charge in [-0.05, 0) is 41.8 Å². The average Bonchev–Trinajstić information content (AvgIpc) is 3.14. The number of carbonyl (C=O) groups is 1. The van der Waals surface area contributed by atoms with Gasteiger partial charge >= 0.3 is 5.97 Å². The van der Waals surface area contributed by atoms with Gasteiger partial charge in [0.2, 0.25) is 10.0 Å². The molecule has 2 aromatic heterocycles. The van der Waals surface area contributed by atoms with E-state index in [0.717, 1.165) is 11.1 Å². The number of sulfonamides is 1. The fourth-order valence-electron chi connectivity index (χ4n) is 2.71. The quantitative estimate of drug-likeness (QED) is 0.790. The molecule has 1 aliphatic rings. The first-order chi connectivity index (χ1) is 10.9. The Labute approximate surface area is 139 Å². The minimum Gasteiger partial charge on any atom is -0.461 e. The first-order valence-electron chi connectivity index (χ1n) is 7.23. The Morgan fingerprint density at radius 3 is 2.48 bits per heavy atom. The van der Waals surface area contributed by atoms with Crippen molar-refractivity contribution in [1.29, 1.82) is 0 Å². The van der Waals surface area contributed by atoms with Crippen LogP contribution in [0.5, 0.6) is 0 Å². The van der Waals surface area contributed by atoms with Crippen LogP contribution in [0.1, 0.15) is 34.2 Å². The normalized spacial score (nSPS) is 14.9. The van der Waals surface area contributed by atoms with Crippen LogP contribution in [-0.2, 0) is 34.9 Å². The zero-order chi connectivity index (χ0) is 16.8. The van der Waals surface area contributed by atoms with Crippen LogP contribution in [0.2, 0.25) is 0 Å². The summed E-state index contributed by atoms with van der Waals surface area (Å²) in [4.78, 5) is 12.1. The van der Waals surface area contributed by atoms with Gasteiger partial charge in [-0.2, -0.15) is 15.6 Å². The van der Waals surface area contributed by atoms with Gasteiger partial charge in [-0.3, -0.25) is 0 Å². The van der Waals surface area contributed by atoms with Gasteiger partial charge in [-0.15, -0.1) is 0 Å². The molecule has 0 radical (unpaired) electrons. The summed E-state index contributed by atoms with van der Waals surface area (Å²) in [7, 11) is -1.98. The molecule has 1 aliphatic heterocycles. The molecule has 2 aromatic rings. The summed E-state index contributed by atoms with van der Waals surface area (Å²) in [5.74, 6) is -0.514. The number of aromatic nitrogens is 1. The molecule has 0 spiro atoms. The van der Waals surface area contributed by atoms with E-state index in [2.05, 4.69) is 0 Å². The highest BCUT2D eigenvalue weighted by atomic mass is 32.2. The third kappa shape index (κ3) is 2.60. The van der Waals surface area contributed by atoms with Gasteiger partial charge in [0.15, 0.2) is 0 Å². The van der Waals surface area contributed by atoms with Crippen LogP contribution in [0.4, 0.5) is 0 Å². The molecule has 0 saturated carbocycles. The SMILES string of the molecule is CCOC(=O)c1cc(S(=O)(=O)N2Cc3cscc3C2)c(C)n1C. The molecular weight excluding hydrogens is 336 g/mol. The van der Waals surface area contributed by atoms with Crippen LogP contribution in [0.3, 0.4) is 0 Å². The summed E-state index contributed by atoms with van der Waals surface area (Å²) < 4.78 is 33.9. The maximum absolute atomic E-state index is 12.9. The Morgan fingerprint density at radius 2 is 1.91 bits per heavy atom. The van der Waals surface area contributed by atoms with E-state index in [9.17, 15) is 13.2 Å². The molecule has 0 atom stereocenters. The predicted octanol–water partition coefficient (Wildman–Crippen LogP) is 2.28. The first-order valence-corrected chi connectivity index (χ1v) is 9.62. The van der Waals surface area contributed by atoms with Gasteiger partial charge in [-0.25, -0.2) is 13.2 Å². The number of thiophene rings is 1. The van der Waals surface area contributed by atoms with Gasteiger partial charge in [0.25, 0.3) is 0 Å². The van der Waals surface area contributed by atoms with Crippen molar-refractivity contribution in [3.63, 3.8) is 0 Å². The van der Waals surface area contributed by atoms with Crippen molar-refractivity contribution in [3.8, 4) is 0 Å². The molecule has 8 heteroatoms. The molecule has 6 nitrogen and oxygen atoms in total. The second-order valence-electron chi connectivity index (χ2n) is 5.45. The van der Waals surface area contributed by atoms with Crippen molar-refractivity contribution < 1.29 is 17.9 Å². The molecule has 0 amide bonds. The zero-order valence-corrected chi connectivity index (χ0v) is 14.8. The Hall–Kier alpha value is -1.64. The number of ether oxygens (including phenoxy) is 1. The fourth-order valence-corrected chi connectivity index (χ4v) is 5.22. The number of hydrogen-bond acceptors (Lipinski definition) is 5.